The van der Waals surface area contributed by atoms with Gasteiger partial charge in [0, 0.05) is 30.6 Å². The third kappa shape index (κ3) is 5.04. The number of nitrogens with one attached hydrogen (secondary N) is 2. The molecule has 0 bridgehead atoms. The summed E-state index contributed by atoms with van der Waals surface area (Å²) in [6, 6.07) is 0. The molecule has 2 heterocycles. The van der Waals surface area contributed by atoms with Crippen molar-refractivity contribution < 1.29 is 9.53 Å². The Morgan fingerprint density at radius 3 is 2.74 bits per heavy atom. The first-order chi connectivity index (χ1) is 10.8. The summed E-state index contributed by atoms with van der Waals surface area (Å²) in [7, 11) is 1.78. The molecule has 0 aliphatic carbocycles. The van der Waals surface area contributed by atoms with Crippen molar-refractivity contribution in [2.24, 2.45) is 7.05 Å². The fraction of sp³-hybridized carbons (Fsp3) is 0.533. The van der Waals surface area contributed by atoms with Crippen molar-refractivity contribution >= 4 is 23.2 Å². The maximum atomic E-state index is 11.9. The second-order valence-corrected chi connectivity index (χ2v) is 7.17. The lowest BCUT2D eigenvalue weighted by Gasteiger charge is -2.20. The number of thiazole rings is 1. The van der Waals surface area contributed by atoms with Crippen LogP contribution in [0.25, 0.3) is 0 Å². The number of amides is 1. The van der Waals surface area contributed by atoms with Gasteiger partial charge in [0.2, 0.25) is 0 Å². The summed E-state index contributed by atoms with van der Waals surface area (Å²) >= 11 is 1.63. The first-order valence-electron chi connectivity index (χ1n) is 7.37. The van der Waals surface area contributed by atoms with Crippen LogP contribution in [0, 0.1) is 6.92 Å². The predicted octanol–water partition coefficient (Wildman–Crippen LogP) is 2.82. The van der Waals surface area contributed by atoms with E-state index in [1.807, 2.05) is 33.2 Å². The van der Waals surface area contributed by atoms with Crippen LogP contribution in [0.3, 0.4) is 0 Å². The summed E-state index contributed by atoms with van der Waals surface area (Å²) in [5.74, 6) is 0.632. The van der Waals surface area contributed by atoms with Gasteiger partial charge in [-0.25, -0.2) is 9.78 Å². The van der Waals surface area contributed by atoms with Crippen molar-refractivity contribution in [3.05, 3.63) is 27.8 Å². The van der Waals surface area contributed by atoms with E-state index < -0.39 is 11.7 Å². The molecule has 2 aromatic heterocycles. The number of nitrogens with zero attached hydrogens (tertiary/aromatic N) is 3. The van der Waals surface area contributed by atoms with Crippen molar-refractivity contribution in [3.63, 3.8) is 0 Å². The molecular weight excluding hydrogens is 314 g/mol. The molecule has 0 aliphatic rings. The molecule has 23 heavy (non-hydrogen) atoms. The molecule has 8 heteroatoms. The summed E-state index contributed by atoms with van der Waals surface area (Å²) in [5, 5.41) is 10.3. The zero-order chi connectivity index (χ0) is 17.0. The van der Waals surface area contributed by atoms with E-state index in [4.69, 9.17) is 4.74 Å². The van der Waals surface area contributed by atoms with Crippen LogP contribution in [0.2, 0.25) is 0 Å². The highest BCUT2D eigenvalue weighted by Crippen LogP contribution is 2.17. The summed E-state index contributed by atoms with van der Waals surface area (Å²) < 4.78 is 6.91. The van der Waals surface area contributed by atoms with Gasteiger partial charge in [-0.05, 0) is 27.7 Å². The average Bonchev–Trinajstić information content (AvgIpc) is 2.97. The molecule has 2 N–H and O–H groups in total. The highest BCUT2D eigenvalue weighted by atomic mass is 32.1. The molecule has 0 radical (unpaired) electrons. The van der Waals surface area contributed by atoms with Crippen LogP contribution in [0.4, 0.5) is 10.6 Å². The molecular formula is C15H23N5O2S. The van der Waals surface area contributed by atoms with Crippen LogP contribution < -0.4 is 10.6 Å². The average molecular weight is 337 g/mol. The second kappa shape index (κ2) is 7.10. The zero-order valence-electron chi connectivity index (χ0n) is 14.1. The molecule has 0 saturated carbocycles. The number of ether oxygens (including phenoxy) is 1. The van der Waals surface area contributed by atoms with Gasteiger partial charge in [0.1, 0.15) is 11.4 Å². The van der Waals surface area contributed by atoms with E-state index in [9.17, 15) is 4.79 Å². The number of anilines is 1. The third-order valence-electron chi connectivity index (χ3n) is 3.08. The third-order valence-corrected chi connectivity index (χ3v) is 4.01. The Balaban J connectivity index is 1.95. The maximum absolute atomic E-state index is 11.9. The smallest absolute Gasteiger partial charge is 0.413 e. The zero-order valence-corrected chi connectivity index (χ0v) is 15.0. The number of hydrogen-bond donors (Lipinski definition) is 2. The van der Waals surface area contributed by atoms with Gasteiger partial charge in [-0.2, -0.15) is 5.10 Å². The minimum atomic E-state index is -0.537. The van der Waals surface area contributed by atoms with Crippen LogP contribution in [-0.4, -0.2) is 26.5 Å². The fourth-order valence-corrected chi connectivity index (χ4v) is 2.73. The number of hydrogen-bond acceptors (Lipinski definition) is 6. The summed E-state index contributed by atoms with van der Waals surface area (Å²) in [6.45, 7) is 8.81. The van der Waals surface area contributed by atoms with Gasteiger partial charge in [0.05, 0.1) is 17.4 Å². The summed E-state index contributed by atoms with van der Waals surface area (Å²) in [5.41, 5.74) is 3.25. The topological polar surface area (TPSA) is 81.1 Å². The highest BCUT2D eigenvalue weighted by Gasteiger charge is 2.19. The van der Waals surface area contributed by atoms with Gasteiger partial charge in [-0.3, -0.25) is 10.00 Å². The normalized spacial score (nSPS) is 11.5. The molecule has 0 fully saturated rings. The van der Waals surface area contributed by atoms with Crippen LogP contribution in [-0.2, 0) is 24.9 Å². The number of aromatic nitrogens is 3. The molecule has 0 aromatic carbocycles. The minimum Gasteiger partial charge on any atom is -0.444 e. The lowest BCUT2D eigenvalue weighted by atomic mass is 10.2. The molecule has 2 rings (SSSR count). The first kappa shape index (κ1) is 17.4. The van der Waals surface area contributed by atoms with Gasteiger partial charge in [0.15, 0.2) is 0 Å². The van der Waals surface area contributed by atoms with Gasteiger partial charge >= 0.3 is 6.09 Å². The van der Waals surface area contributed by atoms with Gasteiger partial charge in [-0.15, -0.1) is 11.3 Å². The van der Waals surface area contributed by atoms with E-state index in [0.29, 0.717) is 12.4 Å². The van der Waals surface area contributed by atoms with E-state index in [2.05, 4.69) is 20.7 Å². The molecule has 0 spiro atoms. The Bertz CT molecular complexity index is 672. The van der Waals surface area contributed by atoms with Crippen LogP contribution in [0.15, 0.2) is 11.7 Å². The predicted molar refractivity (Wildman–Crippen MR) is 90.5 cm³/mol. The standard InChI is InChI=1S/C15H23N5O2S/c1-10-12(23-9-17-10)8-16-6-11-7-18-20(5)13(11)19-14(21)22-15(2,3)4/h7,9,16H,6,8H2,1-5H3,(H,19,21). The Hall–Kier alpha value is -1.93. The summed E-state index contributed by atoms with van der Waals surface area (Å²) in [4.78, 5) is 17.4. The highest BCUT2D eigenvalue weighted by molar-refractivity contribution is 7.09. The first-order valence-corrected chi connectivity index (χ1v) is 8.25. The van der Waals surface area contributed by atoms with E-state index in [0.717, 1.165) is 17.8 Å². The minimum absolute atomic E-state index is 0.486. The maximum Gasteiger partial charge on any atom is 0.413 e. The van der Waals surface area contributed by atoms with E-state index in [1.54, 1.807) is 29.3 Å². The van der Waals surface area contributed by atoms with Gasteiger partial charge in [-0.1, -0.05) is 0 Å². The Kier molecular flexibility index (Phi) is 5.38. The fourth-order valence-electron chi connectivity index (χ4n) is 1.98. The number of carbonyl (C=O) groups is 1. The number of aryl methyl sites for hydroxylation is 2. The van der Waals surface area contributed by atoms with E-state index in [1.165, 1.54) is 4.88 Å². The van der Waals surface area contributed by atoms with Crippen molar-refractivity contribution in [3.8, 4) is 0 Å². The lowest BCUT2D eigenvalue weighted by molar-refractivity contribution is 0.0634. The molecule has 7 nitrogen and oxygen atoms in total. The molecule has 0 aliphatic heterocycles. The van der Waals surface area contributed by atoms with Gasteiger partial charge in [0.25, 0.3) is 0 Å². The monoisotopic (exact) mass is 337 g/mol. The largest absolute Gasteiger partial charge is 0.444 e. The molecule has 2 aromatic rings. The van der Waals surface area contributed by atoms with E-state index in [-0.39, 0.29) is 0 Å². The van der Waals surface area contributed by atoms with Crippen molar-refractivity contribution in [1.82, 2.24) is 20.1 Å². The molecule has 1 amide bonds. The molecule has 0 saturated heterocycles. The Labute approximate surface area is 140 Å². The van der Waals surface area contributed by atoms with Crippen molar-refractivity contribution in [2.75, 3.05) is 5.32 Å². The van der Waals surface area contributed by atoms with Crippen LogP contribution >= 0.6 is 11.3 Å². The van der Waals surface area contributed by atoms with Crippen LogP contribution in [0.5, 0.6) is 0 Å². The molecule has 0 atom stereocenters. The Morgan fingerprint density at radius 2 is 2.13 bits per heavy atom. The van der Waals surface area contributed by atoms with Gasteiger partial charge < -0.3 is 10.1 Å². The number of rotatable bonds is 5. The quantitative estimate of drug-likeness (QED) is 0.877. The Morgan fingerprint density at radius 1 is 1.39 bits per heavy atom. The second-order valence-electron chi connectivity index (χ2n) is 6.23. The van der Waals surface area contributed by atoms with Crippen LogP contribution in [0.1, 0.15) is 36.9 Å². The summed E-state index contributed by atoms with van der Waals surface area (Å²) in [6.07, 6.45) is 1.25. The van der Waals surface area contributed by atoms with Crippen molar-refractivity contribution in [1.29, 1.82) is 0 Å². The van der Waals surface area contributed by atoms with E-state index >= 15 is 0 Å². The molecule has 0 unspecified atom stereocenters. The van der Waals surface area contributed by atoms with Crippen molar-refractivity contribution in [2.45, 2.75) is 46.4 Å². The SMILES string of the molecule is Cc1ncsc1CNCc1cnn(C)c1NC(=O)OC(C)(C)C. The lowest BCUT2D eigenvalue weighted by Crippen LogP contribution is -2.28. The molecule has 126 valence electrons. The number of carbonyl (C=O) groups excluding carboxylic acids is 1.